The number of nitrogens with one attached hydrogen (secondary N) is 2. The summed E-state index contributed by atoms with van der Waals surface area (Å²) in [6.07, 6.45) is 2.60. The Hall–Kier alpha value is -1.76. The number of para-hydroxylation sites is 1. The highest BCUT2D eigenvalue weighted by Gasteiger charge is 2.22. The molecule has 134 valence electrons. The first kappa shape index (κ1) is 19.6. The van der Waals surface area contributed by atoms with Gasteiger partial charge in [-0.05, 0) is 30.4 Å². The molecule has 4 nitrogen and oxygen atoms in total. The number of guanidine groups is 1. The van der Waals surface area contributed by atoms with E-state index in [0.717, 1.165) is 36.3 Å². The third kappa shape index (κ3) is 6.57. The second kappa shape index (κ2) is 10.3. The SMILES string of the molecule is CN=C(NCc1ccccc1)NCc1ccccc1OCC1CC1.I. The average molecular weight is 451 g/mol. The first-order valence-electron chi connectivity index (χ1n) is 8.54. The van der Waals surface area contributed by atoms with Crippen LogP contribution in [0.5, 0.6) is 5.75 Å². The van der Waals surface area contributed by atoms with Crippen LogP contribution < -0.4 is 15.4 Å². The molecular formula is C20H26IN3O. The van der Waals surface area contributed by atoms with Crippen LogP contribution in [0.3, 0.4) is 0 Å². The minimum atomic E-state index is 0. The molecule has 0 aromatic heterocycles. The standard InChI is InChI=1S/C20H25N3O.HI/c1-21-20(22-13-16-7-3-2-4-8-16)23-14-18-9-5-6-10-19(18)24-15-17-11-12-17;/h2-10,17H,11-15H2,1H3,(H2,21,22,23);1H. The van der Waals surface area contributed by atoms with Crippen molar-refractivity contribution in [3.63, 3.8) is 0 Å². The lowest BCUT2D eigenvalue weighted by Gasteiger charge is -2.15. The van der Waals surface area contributed by atoms with E-state index >= 15 is 0 Å². The Balaban J connectivity index is 0.00000225. The van der Waals surface area contributed by atoms with Crippen molar-refractivity contribution < 1.29 is 4.74 Å². The molecule has 0 radical (unpaired) electrons. The van der Waals surface area contributed by atoms with E-state index in [9.17, 15) is 0 Å². The molecule has 0 amide bonds. The quantitative estimate of drug-likeness (QED) is 0.381. The summed E-state index contributed by atoms with van der Waals surface area (Å²) in [6.45, 7) is 2.27. The van der Waals surface area contributed by atoms with Crippen molar-refractivity contribution in [1.29, 1.82) is 0 Å². The molecule has 1 aliphatic rings. The van der Waals surface area contributed by atoms with Crippen molar-refractivity contribution in [2.45, 2.75) is 25.9 Å². The van der Waals surface area contributed by atoms with E-state index in [4.69, 9.17) is 4.74 Å². The van der Waals surface area contributed by atoms with Crippen LogP contribution in [0.15, 0.2) is 59.6 Å². The fourth-order valence-corrected chi connectivity index (χ4v) is 2.46. The van der Waals surface area contributed by atoms with Crippen LogP contribution in [0, 0.1) is 5.92 Å². The van der Waals surface area contributed by atoms with Gasteiger partial charge in [0.2, 0.25) is 0 Å². The van der Waals surface area contributed by atoms with E-state index in [0.29, 0.717) is 6.54 Å². The van der Waals surface area contributed by atoms with E-state index in [1.54, 1.807) is 7.05 Å². The number of hydrogen-bond donors (Lipinski definition) is 2. The summed E-state index contributed by atoms with van der Waals surface area (Å²) in [4.78, 5) is 4.29. The van der Waals surface area contributed by atoms with Crippen molar-refractivity contribution in [2.75, 3.05) is 13.7 Å². The van der Waals surface area contributed by atoms with Crippen LogP contribution in [0.25, 0.3) is 0 Å². The molecule has 0 atom stereocenters. The fraction of sp³-hybridized carbons (Fsp3) is 0.350. The summed E-state index contributed by atoms with van der Waals surface area (Å²) in [6, 6.07) is 18.5. The van der Waals surface area contributed by atoms with Crippen LogP contribution in [0.2, 0.25) is 0 Å². The van der Waals surface area contributed by atoms with Gasteiger partial charge in [-0.15, -0.1) is 24.0 Å². The predicted octanol–water partition coefficient (Wildman–Crippen LogP) is 3.96. The molecule has 1 saturated carbocycles. The summed E-state index contributed by atoms with van der Waals surface area (Å²) in [5.41, 5.74) is 2.38. The summed E-state index contributed by atoms with van der Waals surface area (Å²) in [5, 5.41) is 6.69. The number of rotatable bonds is 7. The van der Waals surface area contributed by atoms with Crippen LogP contribution in [-0.2, 0) is 13.1 Å². The summed E-state index contributed by atoms with van der Waals surface area (Å²) in [7, 11) is 1.79. The Kier molecular flexibility index (Phi) is 8.04. The highest BCUT2D eigenvalue weighted by molar-refractivity contribution is 14.0. The highest BCUT2D eigenvalue weighted by Crippen LogP contribution is 2.30. The van der Waals surface area contributed by atoms with Crippen molar-refractivity contribution in [3.05, 3.63) is 65.7 Å². The zero-order valence-electron chi connectivity index (χ0n) is 14.6. The molecule has 0 bridgehead atoms. The smallest absolute Gasteiger partial charge is 0.191 e. The summed E-state index contributed by atoms with van der Waals surface area (Å²) in [5.74, 6) is 2.51. The normalized spacial score (nSPS) is 13.7. The van der Waals surface area contributed by atoms with Crippen molar-refractivity contribution in [3.8, 4) is 5.75 Å². The number of hydrogen-bond acceptors (Lipinski definition) is 2. The monoisotopic (exact) mass is 451 g/mol. The van der Waals surface area contributed by atoms with Crippen molar-refractivity contribution >= 4 is 29.9 Å². The van der Waals surface area contributed by atoms with Crippen molar-refractivity contribution in [1.82, 2.24) is 10.6 Å². The number of aliphatic imine (C=N–C) groups is 1. The largest absolute Gasteiger partial charge is 0.493 e. The molecule has 2 aromatic rings. The second-order valence-corrected chi connectivity index (χ2v) is 6.13. The van der Waals surface area contributed by atoms with Crippen LogP contribution >= 0.6 is 24.0 Å². The van der Waals surface area contributed by atoms with E-state index < -0.39 is 0 Å². The molecule has 0 heterocycles. The van der Waals surface area contributed by atoms with Gasteiger partial charge in [0.25, 0.3) is 0 Å². The molecule has 5 heteroatoms. The Morgan fingerprint density at radius 2 is 1.68 bits per heavy atom. The lowest BCUT2D eigenvalue weighted by Crippen LogP contribution is -2.36. The van der Waals surface area contributed by atoms with E-state index in [-0.39, 0.29) is 24.0 Å². The third-order valence-corrected chi connectivity index (χ3v) is 4.12. The molecule has 0 saturated heterocycles. The molecule has 25 heavy (non-hydrogen) atoms. The number of benzene rings is 2. The number of halogens is 1. The maximum absolute atomic E-state index is 5.96. The maximum atomic E-state index is 5.96. The third-order valence-electron chi connectivity index (χ3n) is 4.12. The minimum Gasteiger partial charge on any atom is -0.493 e. The van der Waals surface area contributed by atoms with Gasteiger partial charge in [-0.3, -0.25) is 4.99 Å². The summed E-state index contributed by atoms with van der Waals surface area (Å²) >= 11 is 0. The van der Waals surface area contributed by atoms with Gasteiger partial charge in [0, 0.05) is 25.7 Å². The van der Waals surface area contributed by atoms with E-state index in [2.05, 4.69) is 33.8 Å². The molecule has 2 N–H and O–H groups in total. The Morgan fingerprint density at radius 3 is 2.40 bits per heavy atom. The number of nitrogens with zero attached hydrogens (tertiary/aromatic N) is 1. The average Bonchev–Trinajstić information content (AvgIpc) is 3.46. The van der Waals surface area contributed by atoms with E-state index in [1.165, 1.54) is 18.4 Å². The summed E-state index contributed by atoms with van der Waals surface area (Å²) < 4.78 is 5.96. The Bertz CT molecular complexity index is 672. The zero-order valence-corrected chi connectivity index (χ0v) is 16.9. The molecule has 1 aliphatic carbocycles. The molecule has 0 spiro atoms. The first-order valence-corrected chi connectivity index (χ1v) is 8.54. The first-order chi connectivity index (χ1) is 11.8. The van der Waals surface area contributed by atoms with Crippen molar-refractivity contribution in [2.24, 2.45) is 10.9 Å². The van der Waals surface area contributed by atoms with Gasteiger partial charge in [-0.2, -0.15) is 0 Å². The molecule has 0 aliphatic heterocycles. The van der Waals surface area contributed by atoms with Crippen LogP contribution in [-0.4, -0.2) is 19.6 Å². The molecule has 3 rings (SSSR count). The van der Waals surface area contributed by atoms with Crippen LogP contribution in [0.1, 0.15) is 24.0 Å². The van der Waals surface area contributed by atoms with Gasteiger partial charge < -0.3 is 15.4 Å². The Labute approximate surface area is 167 Å². The lowest BCUT2D eigenvalue weighted by molar-refractivity contribution is 0.296. The van der Waals surface area contributed by atoms with Gasteiger partial charge in [0.15, 0.2) is 5.96 Å². The molecule has 1 fully saturated rings. The fourth-order valence-electron chi connectivity index (χ4n) is 2.46. The maximum Gasteiger partial charge on any atom is 0.191 e. The second-order valence-electron chi connectivity index (χ2n) is 6.13. The molecular weight excluding hydrogens is 425 g/mol. The topological polar surface area (TPSA) is 45.7 Å². The minimum absolute atomic E-state index is 0. The van der Waals surface area contributed by atoms with Gasteiger partial charge >= 0.3 is 0 Å². The molecule has 2 aromatic carbocycles. The lowest BCUT2D eigenvalue weighted by atomic mass is 10.2. The van der Waals surface area contributed by atoms with Crippen LogP contribution in [0.4, 0.5) is 0 Å². The van der Waals surface area contributed by atoms with Gasteiger partial charge in [0.05, 0.1) is 6.61 Å². The molecule has 0 unspecified atom stereocenters. The van der Waals surface area contributed by atoms with Gasteiger partial charge in [-0.1, -0.05) is 48.5 Å². The zero-order chi connectivity index (χ0) is 16.6. The Morgan fingerprint density at radius 1 is 1.00 bits per heavy atom. The van der Waals surface area contributed by atoms with Gasteiger partial charge in [0.1, 0.15) is 5.75 Å². The number of ether oxygens (including phenoxy) is 1. The van der Waals surface area contributed by atoms with E-state index in [1.807, 2.05) is 36.4 Å². The predicted molar refractivity (Wildman–Crippen MR) is 114 cm³/mol. The highest BCUT2D eigenvalue weighted by atomic mass is 127. The van der Waals surface area contributed by atoms with Gasteiger partial charge in [-0.25, -0.2) is 0 Å².